The molecule has 3 aromatic carbocycles. The van der Waals surface area contributed by atoms with E-state index in [1.54, 1.807) is 30.1 Å². The van der Waals surface area contributed by atoms with Crippen LogP contribution in [-0.4, -0.2) is 28.7 Å². The van der Waals surface area contributed by atoms with Gasteiger partial charge in [0.05, 0.1) is 12.0 Å². The number of nitrogens with zero attached hydrogens (tertiary/aromatic N) is 2. The average Bonchev–Trinajstić information content (AvgIpc) is 3.20. The van der Waals surface area contributed by atoms with Gasteiger partial charge in [0, 0.05) is 12.1 Å². The fourth-order valence-electron chi connectivity index (χ4n) is 3.68. The number of carbonyl (C=O) groups excluding carboxylic acids is 2. The van der Waals surface area contributed by atoms with Gasteiger partial charge in [-0.2, -0.15) is 5.10 Å². The van der Waals surface area contributed by atoms with Crippen molar-refractivity contribution < 1.29 is 9.59 Å². The summed E-state index contributed by atoms with van der Waals surface area (Å²) in [7, 11) is 0. The van der Waals surface area contributed by atoms with Crippen molar-refractivity contribution in [2.45, 2.75) is 31.7 Å². The Morgan fingerprint density at radius 1 is 1.06 bits per heavy atom. The molecule has 0 saturated carbocycles. The molecular formula is C27H27N3O2S. The van der Waals surface area contributed by atoms with Gasteiger partial charge in [-0.3, -0.25) is 9.59 Å². The maximum absolute atomic E-state index is 12.5. The largest absolute Gasteiger partial charge is 0.322 e. The van der Waals surface area contributed by atoms with Crippen molar-refractivity contribution in [2.24, 2.45) is 5.10 Å². The van der Waals surface area contributed by atoms with Crippen LogP contribution >= 0.6 is 11.8 Å². The van der Waals surface area contributed by atoms with Crippen molar-refractivity contribution in [1.82, 2.24) is 10.3 Å². The molecule has 4 rings (SSSR count). The van der Waals surface area contributed by atoms with E-state index in [1.807, 2.05) is 59.5 Å². The van der Waals surface area contributed by atoms with Gasteiger partial charge >= 0.3 is 0 Å². The first-order chi connectivity index (χ1) is 16.0. The van der Waals surface area contributed by atoms with Gasteiger partial charge in [-0.05, 0) is 40.3 Å². The molecule has 0 aromatic heterocycles. The van der Waals surface area contributed by atoms with Crippen molar-refractivity contribution in [3.05, 3.63) is 107 Å². The van der Waals surface area contributed by atoms with Gasteiger partial charge in [-0.15, -0.1) is 11.8 Å². The van der Waals surface area contributed by atoms with Crippen molar-refractivity contribution in [3.8, 4) is 0 Å². The minimum absolute atomic E-state index is 0.0540. The summed E-state index contributed by atoms with van der Waals surface area (Å²) in [6.07, 6.45) is 1.64. The van der Waals surface area contributed by atoms with Gasteiger partial charge in [-0.1, -0.05) is 80.6 Å². The third-order valence-corrected chi connectivity index (χ3v) is 6.86. The molecule has 1 fully saturated rings. The van der Waals surface area contributed by atoms with E-state index in [9.17, 15) is 9.59 Å². The second kappa shape index (κ2) is 10.5. The van der Waals surface area contributed by atoms with E-state index in [1.165, 1.54) is 5.56 Å². The monoisotopic (exact) mass is 457 g/mol. The number of carbonyl (C=O) groups is 2. The summed E-state index contributed by atoms with van der Waals surface area (Å²) in [6, 6.07) is 25.5. The molecule has 1 aliphatic rings. The lowest BCUT2D eigenvalue weighted by Gasteiger charge is -2.24. The summed E-state index contributed by atoms with van der Waals surface area (Å²) in [5, 5.41) is 4.03. The van der Waals surface area contributed by atoms with Crippen LogP contribution in [0, 0.1) is 0 Å². The highest BCUT2D eigenvalue weighted by Gasteiger charge is 2.32. The molecule has 1 N–H and O–H groups in total. The fraction of sp³-hybridized carbons (Fsp3) is 0.222. The molecule has 3 aromatic rings. The minimum atomic E-state index is -0.270. The molecule has 2 amide bonds. The molecule has 0 bridgehead atoms. The van der Waals surface area contributed by atoms with Crippen LogP contribution in [-0.2, 0) is 11.3 Å². The number of hydrogen-bond donors (Lipinski definition) is 1. The smallest absolute Gasteiger partial charge is 0.271 e. The number of hydrazone groups is 1. The molecule has 0 unspecified atom stereocenters. The van der Waals surface area contributed by atoms with Crippen molar-refractivity contribution in [1.29, 1.82) is 0 Å². The summed E-state index contributed by atoms with van der Waals surface area (Å²) < 4.78 is 0. The third-order valence-electron chi connectivity index (χ3n) is 5.60. The van der Waals surface area contributed by atoms with Crippen LogP contribution in [0.4, 0.5) is 0 Å². The van der Waals surface area contributed by atoms with Gasteiger partial charge in [0.25, 0.3) is 5.91 Å². The molecule has 1 heterocycles. The maximum Gasteiger partial charge on any atom is 0.271 e. The van der Waals surface area contributed by atoms with Gasteiger partial charge < -0.3 is 4.90 Å². The highest BCUT2D eigenvalue weighted by Crippen LogP contribution is 2.39. The quantitative estimate of drug-likeness (QED) is 0.384. The SMILES string of the molecule is CC(C)c1ccc(/C=N\NC(=O)c2ccc([C@@H]3SCC(=O)N3Cc3ccccc3)cc2)cc1. The third kappa shape index (κ3) is 5.71. The summed E-state index contributed by atoms with van der Waals surface area (Å²) in [4.78, 5) is 26.8. The highest BCUT2D eigenvalue weighted by atomic mass is 32.2. The summed E-state index contributed by atoms with van der Waals surface area (Å²) >= 11 is 1.61. The molecule has 1 aliphatic heterocycles. The molecule has 168 valence electrons. The standard InChI is InChI=1S/C27H27N3O2S/c1-19(2)22-10-8-20(9-11-22)16-28-29-26(32)23-12-14-24(15-13-23)27-30(25(31)18-33-27)17-21-6-4-3-5-7-21/h3-16,19,27H,17-18H2,1-2H3,(H,29,32)/b28-16-/t27-/m0/s1. The second-order valence-corrected chi connectivity index (χ2v) is 9.38. The van der Waals surface area contributed by atoms with E-state index in [-0.39, 0.29) is 17.2 Å². The molecule has 6 heteroatoms. The summed E-state index contributed by atoms with van der Waals surface area (Å²) in [5.74, 6) is 0.802. The van der Waals surface area contributed by atoms with Crippen molar-refractivity contribution >= 4 is 29.8 Å². The molecular weight excluding hydrogens is 430 g/mol. The van der Waals surface area contributed by atoms with Crippen LogP contribution in [0.15, 0.2) is 84.0 Å². The predicted molar refractivity (Wildman–Crippen MR) is 134 cm³/mol. The van der Waals surface area contributed by atoms with E-state index in [0.29, 0.717) is 23.8 Å². The number of amides is 2. The summed E-state index contributed by atoms with van der Waals surface area (Å²) in [6.45, 7) is 4.88. The van der Waals surface area contributed by atoms with Crippen molar-refractivity contribution in [3.63, 3.8) is 0 Å². The Bertz CT molecular complexity index is 1130. The van der Waals surface area contributed by atoms with Gasteiger partial charge in [0.2, 0.25) is 5.91 Å². The zero-order valence-corrected chi connectivity index (χ0v) is 19.6. The molecule has 0 radical (unpaired) electrons. The zero-order valence-electron chi connectivity index (χ0n) is 18.8. The lowest BCUT2D eigenvalue weighted by atomic mass is 10.0. The second-order valence-electron chi connectivity index (χ2n) is 8.31. The van der Waals surface area contributed by atoms with Crippen LogP contribution in [0.2, 0.25) is 0 Å². The van der Waals surface area contributed by atoms with Crippen LogP contribution in [0.5, 0.6) is 0 Å². The van der Waals surface area contributed by atoms with E-state index >= 15 is 0 Å². The highest BCUT2D eigenvalue weighted by molar-refractivity contribution is 8.00. The number of nitrogens with one attached hydrogen (secondary N) is 1. The zero-order chi connectivity index (χ0) is 23.2. The molecule has 5 nitrogen and oxygen atoms in total. The van der Waals surface area contributed by atoms with Gasteiger partial charge in [0.1, 0.15) is 5.37 Å². The molecule has 33 heavy (non-hydrogen) atoms. The Balaban J connectivity index is 1.38. The summed E-state index contributed by atoms with van der Waals surface area (Å²) in [5.41, 5.74) is 7.41. The fourth-order valence-corrected chi connectivity index (χ4v) is 4.87. The first-order valence-electron chi connectivity index (χ1n) is 11.0. The van der Waals surface area contributed by atoms with E-state index in [2.05, 4.69) is 36.5 Å². The van der Waals surface area contributed by atoms with Gasteiger partial charge in [-0.25, -0.2) is 5.43 Å². The molecule has 1 saturated heterocycles. The molecule has 0 aliphatic carbocycles. The first-order valence-corrected chi connectivity index (χ1v) is 12.0. The minimum Gasteiger partial charge on any atom is -0.322 e. The lowest BCUT2D eigenvalue weighted by molar-refractivity contribution is -0.128. The van der Waals surface area contributed by atoms with Crippen LogP contribution in [0.1, 0.15) is 57.8 Å². The van der Waals surface area contributed by atoms with Crippen LogP contribution in [0.25, 0.3) is 0 Å². The first kappa shape index (κ1) is 22.8. The Morgan fingerprint density at radius 2 is 1.76 bits per heavy atom. The average molecular weight is 458 g/mol. The number of benzene rings is 3. The maximum atomic E-state index is 12.5. The van der Waals surface area contributed by atoms with Crippen LogP contribution < -0.4 is 5.43 Å². The van der Waals surface area contributed by atoms with Crippen molar-refractivity contribution in [2.75, 3.05) is 5.75 Å². The molecule has 0 spiro atoms. The van der Waals surface area contributed by atoms with Gasteiger partial charge in [0.15, 0.2) is 0 Å². The topological polar surface area (TPSA) is 61.8 Å². The Labute approximate surface area is 198 Å². The molecule has 1 atom stereocenters. The Kier molecular flexibility index (Phi) is 7.25. The Hall–Kier alpha value is -3.38. The number of rotatable bonds is 7. The number of thioether (sulfide) groups is 1. The number of hydrogen-bond acceptors (Lipinski definition) is 4. The predicted octanol–water partition coefficient (Wildman–Crippen LogP) is 5.35. The van der Waals surface area contributed by atoms with E-state index in [4.69, 9.17) is 0 Å². The van der Waals surface area contributed by atoms with E-state index in [0.717, 1.165) is 16.7 Å². The normalized spacial score (nSPS) is 16.0. The van der Waals surface area contributed by atoms with Crippen LogP contribution in [0.3, 0.4) is 0 Å². The Morgan fingerprint density at radius 3 is 2.42 bits per heavy atom. The van der Waals surface area contributed by atoms with E-state index < -0.39 is 0 Å². The lowest BCUT2D eigenvalue weighted by Crippen LogP contribution is -2.27.